The van der Waals surface area contributed by atoms with Gasteiger partial charge in [0.1, 0.15) is 17.9 Å². The molecule has 0 radical (unpaired) electrons. The van der Waals surface area contributed by atoms with E-state index in [2.05, 4.69) is 15.5 Å². The van der Waals surface area contributed by atoms with Crippen LogP contribution in [0.5, 0.6) is 0 Å². The third-order valence-corrected chi connectivity index (χ3v) is 4.69. The van der Waals surface area contributed by atoms with Crippen LogP contribution in [0.1, 0.15) is 18.6 Å². The number of carbonyl (C=O) groups excluding carboxylic acids is 2. The Morgan fingerprint density at radius 1 is 1.11 bits per heavy atom. The molecule has 1 unspecified atom stereocenters. The number of nitrogens with one attached hydrogen (secondary N) is 1. The smallest absolute Gasteiger partial charge is 0.325 e. The summed E-state index contributed by atoms with van der Waals surface area (Å²) in [5, 5.41) is 11.3. The first kappa shape index (κ1) is 16.3. The zero-order valence-electron chi connectivity index (χ0n) is 14.7. The zero-order chi connectivity index (χ0) is 19.3. The average molecular weight is 378 g/mol. The fraction of sp³-hybridized carbons (Fsp3) is 0.158. The molecule has 1 aliphatic rings. The van der Waals surface area contributed by atoms with E-state index in [4.69, 9.17) is 13.3 Å². The Balaban J connectivity index is 1.42. The van der Waals surface area contributed by atoms with Gasteiger partial charge in [-0.2, -0.15) is 0 Å². The zero-order valence-corrected chi connectivity index (χ0v) is 14.7. The second-order valence-corrected chi connectivity index (χ2v) is 6.57. The minimum Gasteiger partial charge on any atom is -0.459 e. The van der Waals surface area contributed by atoms with Gasteiger partial charge in [-0.1, -0.05) is 18.2 Å². The first-order valence-corrected chi connectivity index (χ1v) is 8.54. The molecule has 28 heavy (non-hydrogen) atoms. The van der Waals surface area contributed by atoms with Gasteiger partial charge in [0.2, 0.25) is 5.89 Å². The van der Waals surface area contributed by atoms with Crippen molar-refractivity contribution < 1.29 is 22.8 Å². The second-order valence-electron chi connectivity index (χ2n) is 6.57. The summed E-state index contributed by atoms with van der Waals surface area (Å²) < 4.78 is 16.5. The maximum atomic E-state index is 13.0. The van der Waals surface area contributed by atoms with Crippen LogP contribution >= 0.6 is 0 Å². The highest BCUT2D eigenvalue weighted by molar-refractivity contribution is 6.07. The summed E-state index contributed by atoms with van der Waals surface area (Å²) in [6.45, 7) is 1.45. The molecule has 1 aromatic carbocycles. The minimum atomic E-state index is -1.32. The molecule has 3 amide bonds. The lowest BCUT2D eigenvalue weighted by atomic mass is 9.99. The molecule has 1 aliphatic heterocycles. The average Bonchev–Trinajstić information content (AvgIpc) is 3.46. The van der Waals surface area contributed by atoms with Crippen molar-refractivity contribution in [1.29, 1.82) is 0 Å². The molecule has 1 N–H and O–H groups in total. The molecule has 1 atom stereocenters. The number of nitrogens with zero attached hydrogens (tertiary/aromatic N) is 3. The van der Waals surface area contributed by atoms with E-state index >= 15 is 0 Å². The van der Waals surface area contributed by atoms with Crippen LogP contribution in [0.2, 0.25) is 0 Å². The number of rotatable bonds is 4. The van der Waals surface area contributed by atoms with E-state index < -0.39 is 17.5 Å². The standard InChI is InChI=1S/C19H14N4O5/c1-19(14-9-11-5-2-3-6-12(11)27-14)17(24)23(18(25)20-19)10-15-21-22-16(28-15)13-7-4-8-26-13/h2-9H,10H2,1H3,(H,20,25). The molecular formula is C19H14N4O5. The van der Waals surface area contributed by atoms with E-state index in [1.807, 2.05) is 18.2 Å². The van der Waals surface area contributed by atoms with Crippen molar-refractivity contribution >= 4 is 22.9 Å². The SMILES string of the molecule is CC1(c2cc3ccccc3o2)NC(=O)N(Cc2nnc(-c3ccco3)o2)C1=O. The van der Waals surface area contributed by atoms with Crippen LogP contribution in [-0.2, 0) is 16.9 Å². The van der Waals surface area contributed by atoms with Gasteiger partial charge in [0.05, 0.1) is 6.26 Å². The van der Waals surface area contributed by atoms with Crippen molar-refractivity contribution in [3.05, 3.63) is 60.4 Å². The van der Waals surface area contributed by atoms with Gasteiger partial charge in [0.25, 0.3) is 11.8 Å². The highest BCUT2D eigenvalue weighted by Crippen LogP contribution is 2.33. The number of fused-ring (bicyclic) bond motifs is 1. The van der Waals surface area contributed by atoms with Gasteiger partial charge >= 0.3 is 6.03 Å². The van der Waals surface area contributed by atoms with Crippen LogP contribution in [0.4, 0.5) is 4.79 Å². The fourth-order valence-electron chi connectivity index (χ4n) is 3.19. The number of aromatic nitrogens is 2. The summed E-state index contributed by atoms with van der Waals surface area (Å²) >= 11 is 0. The summed E-state index contributed by atoms with van der Waals surface area (Å²) in [5.41, 5.74) is -0.681. The van der Waals surface area contributed by atoms with Crippen molar-refractivity contribution in [1.82, 2.24) is 20.4 Å². The van der Waals surface area contributed by atoms with E-state index in [1.54, 1.807) is 31.2 Å². The summed E-state index contributed by atoms with van der Waals surface area (Å²) in [6, 6.07) is 11.9. The Morgan fingerprint density at radius 2 is 1.96 bits per heavy atom. The van der Waals surface area contributed by atoms with Gasteiger partial charge in [-0.25, -0.2) is 4.79 Å². The van der Waals surface area contributed by atoms with Gasteiger partial charge in [-0.05, 0) is 31.2 Å². The number of para-hydroxylation sites is 1. The van der Waals surface area contributed by atoms with Crippen LogP contribution in [0.25, 0.3) is 22.6 Å². The molecular weight excluding hydrogens is 364 g/mol. The number of imide groups is 1. The molecule has 4 aromatic rings. The lowest BCUT2D eigenvalue weighted by molar-refractivity contribution is -0.132. The first-order chi connectivity index (χ1) is 13.5. The highest BCUT2D eigenvalue weighted by atomic mass is 16.4. The van der Waals surface area contributed by atoms with Crippen LogP contribution in [0, 0.1) is 0 Å². The fourth-order valence-corrected chi connectivity index (χ4v) is 3.19. The number of hydrogen-bond donors (Lipinski definition) is 1. The summed E-state index contributed by atoms with van der Waals surface area (Å²) in [4.78, 5) is 26.5. The van der Waals surface area contributed by atoms with Crippen molar-refractivity contribution in [3.8, 4) is 11.7 Å². The first-order valence-electron chi connectivity index (χ1n) is 8.54. The number of amides is 3. The van der Waals surface area contributed by atoms with Gasteiger partial charge < -0.3 is 18.6 Å². The number of urea groups is 1. The molecule has 0 saturated carbocycles. The Hall–Kier alpha value is -3.88. The summed E-state index contributed by atoms with van der Waals surface area (Å²) in [5.74, 6) is 0.588. The molecule has 3 aromatic heterocycles. The molecule has 0 bridgehead atoms. The molecule has 0 spiro atoms. The maximum Gasteiger partial charge on any atom is 0.325 e. The van der Waals surface area contributed by atoms with Crippen molar-refractivity contribution in [2.24, 2.45) is 0 Å². The minimum absolute atomic E-state index is 0.115. The molecule has 9 heteroatoms. The summed E-state index contributed by atoms with van der Waals surface area (Å²) in [6.07, 6.45) is 1.48. The normalized spacial score (nSPS) is 19.5. The molecule has 9 nitrogen and oxygen atoms in total. The third kappa shape index (κ3) is 2.40. The van der Waals surface area contributed by atoms with Crippen LogP contribution in [0.3, 0.4) is 0 Å². The van der Waals surface area contributed by atoms with Crippen LogP contribution in [-0.4, -0.2) is 27.0 Å². The van der Waals surface area contributed by atoms with E-state index in [-0.39, 0.29) is 18.3 Å². The van der Waals surface area contributed by atoms with Crippen molar-refractivity contribution in [2.45, 2.75) is 19.0 Å². The molecule has 140 valence electrons. The maximum absolute atomic E-state index is 13.0. The number of carbonyl (C=O) groups is 2. The number of furan rings is 2. The molecule has 1 fully saturated rings. The monoisotopic (exact) mass is 378 g/mol. The quantitative estimate of drug-likeness (QED) is 0.543. The Kier molecular flexibility index (Phi) is 3.38. The lowest BCUT2D eigenvalue weighted by Gasteiger charge is -2.18. The lowest BCUT2D eigenvalue weighted by Crippen LogP contribution is -2.40. The molecule has 0 aliphatic carbocycles. The van der Waals surface area contributed by atoms with E-state index in [1.165, 1.54) is 6.26 Å². The molecule has 1 saturated heterocycles. The molecule has 5 rings (SSSR count). The Bertz CT molecular complexity index is 1160. The third-order valence-electron chi connectivity index (χ3n) is 4.69. The Morgan fingerprint density at radius 3 is 2.75 bits per heavy atom. The predicted octanol–water partition coefficient (Wildman–Crippen LogP) is 3.04. The predicted molar refractivity (Wildman–Crippen MR) is 94.6 cm³/mol. The second kappa shape index (κ2) is 5.81. The van der Waals surface area contributed by atoms with E-state index in [9.17, 15) is 9.59 Å². The van der Waals surface area contributed by atoms with Crippen LogP contribution in [0.15, 0.2) is 62.0 Å². The van der Waals surface area contributed by atoms with Crippen molar-refractivity contribution in [2.75, 3.05) is 0 Å². The van der Waals surface area contributed by atoms with Gasteiger partial charge in [0.15, 0.2) is 11.3 Å². The number of benzene rings is 1. The van der Waals surface area contributed by atoms with E-state index in [0.29, 0.717) is 17.1 Å². The number of hydrogen-bond acceptors (Lipinski definition) is 7. The highest BCUT2D eigenvalue weighted by Gasteiger charge is 2.51. The van der Waals surface area contributed by atoms with Gasteiger partial charge in [-0.15, -0.1) is 10.2 Å². The Labute approximate surface area is 157 Å². The van der Waals surface area contributed by atoms with Gasteiger partial charge in [0, 0.05) is 5.39 Å². The summed E-state index contributed by atoms with van der Waals surface area (Å²) in [7, 11) is 0. The van der Waals surface area contributed by atoms with Crippen LogP contribution < -0.4 is 5.32 Å². The largest absolute Gasteiger partial charge is 0.459 e. The van der Waals surface area contributed by atoms with Gasteiger partial charge in [-0.3, -0.25) is 9.69 Å². The van der Waals surface area contributed by atoms with Crippen molar-refractivity contribution in [3.63, 3.8) is 0 Å². The topological polar surface area (TPSA) is 115 Å². The molecule has 4 heterocycles. The van der Waals surface area contributed by atoms with E-state index in [0.717, 1.165) is 10.3 Å².